The lowest BCUT2D eigenvalue weighted by molar-refractivity contribution is 0.126. The van der Waals surface area contributed by atoms with Gasteiger partial charge in [-0.3, -0.25) is 4.90 Å². The van der Waals surface area contributed by atoms with Gasteiger partial charge in [-0.1, -0.05) is 38.1 Å². The molecule has 2 N–H and O–H groups in total. The highest BCUT2D eigenvalue weighted by atomic mass is 32.1. The van der Waals surface area contributed by atoms with E-state index in [0.717, 1.165) is 53.3 Å². The largest absolute Gasteiger partial charge is 0.382 e. The highest BCUT2D eigenvalue weighted by molar-refractivity contribution is 7.18. The predicted octanol–water partition coefficient (Wildman–Crippen LogP) is 4.65. The van der Waals surface area contributed by atoms with Gasteiger partial charge in [0.25, 0.3) is 0 Å². The maximum Gasteiger partial charge on any atom is 0.152 e. The Morgan fingerprint density at radius 1 is 1.03 bits per heavy atom. The Hall–Kier alpha value is -2.48. The van der Waals surface area contributed by atoms with Crippen molar-refractivity contribution in [2.24, 2.45) is 0 Å². The molecule has 0 fully saturated rings. The average molecular weight is 424 g/mol. The first kappa shape index (κ1) is 20.8. The van der Waals surface area contributed by atoms with Crippen molar-refractivity contribution in [3.05, 3.63) is 52.7 Å². The fourth-order valence-corrected chi connectivity index (χ4v) is 4.66. The molecule has 0 aliphatic rings. The van der Waals surface area contributed by atoms with Crippen LogP contribution in [0.4, 0.5) is 5.82 Å². The Bertz CT molecular complexity index is 1130. The summed E-state index contributed by atoms with van der Waals surface area (Å²) in [7, 11) is 0. The number of ether oxygens (including phenoxy) is 1. The molecular formula is C23H29N5OS. The molecule has 0 atom stereocenters. The van der Waals surface area contributed by atoms with E-state index >= 15 is 0 Å². The van der Waals surface area contributed by atoms with E-state index in [9.17, 15) is 0 Å². The third-order valence-corrected chi connectivity index (χ3v) is 6.40. The standard InChI is InChI=1S/C23H29N5OS/c1-4-27(5-2)13-16-7-9-17(10-8-16)14-28-19(15-29-6-3)26-20-21(28)22-18(11-12-30-22)25-23(20)24/h7-12H,4-6,13-15H2,1-3H3,(H2,24,25). The number of hydrogen-bond donors (Lipinski definition) is 1. The number of rotatable bonds is 9. The van der Waals surface area contributed by atoms with Crippen LogP contribution in [0.5, 0.6) is 0 Å². The van der Waals surface area contributed by atoms with Crippen LogP contribution < -0.4 is 5.73 Å². The number of nitrogens with zero attached hydrogens (tertiary/aromatic N) is 4. The van der Waals surface area contributed by atoms with Gasteiger partial charge in [0.05, 0.1) is 15.7 Å². The Kier molecular flexibility index (Phi) is 6.32. The van der Waals surface area contributed by atoms with E-state index in [2.05, 4.69) is 57.9 Å². The zero-order valence-electron chi connectivity index (χ0n) is 17.9. The van der Waals surface area contributed by atoms with Gasteiger partial charge in [0, 0.05) is 19.7 Å². The molecule has 0 spiro atoms. The van der Waals surface area contributed by atoms with E-state index < -0.39 is 0 Å². The summed E-state index contributed by atoms with van der Waals surface area (Å²) in [6, 6.07) is 10.9. The van der Waals surface area contributed by atoms with Crippen LogP contribution in [0.15, 0.2) is 35.7 Å². The van der Waals surface area contributed by atoms with Gasteiger partial charge in [-0.25, -0.2) is 9.97 Å². The van der Waals surface area contributed by atoms with Crippen LogP contribution in [-0.2, 0) is 24.4 Å². The molecule has 6 nitrogen and oxygen atoms in total. The fraction of sp³-hybridized carbons (Fsp3) is 0.391. The molecule has 0 aliphatic carbocycles. The second-order valence-corrected chi connectivity index (χ2v) is 8.27. The molecule has 0 saturated heterocycles. The molecule has 158 valence electrons. The van der Waals surface area contributed by atoms with Crippen LogP contribution in [0.2, 0.25) is 0 Å². The minimum absolute atomic E-state index is 0.456. The summed E-state index contributed by atoms with van der Waals surface area (Å²) in [5.41, 5.74) is 11.5. The van der Waals surface area contributed by atoms with Crippen molar-refractivity contribution < 1.29 is 4.74 Å². The third-order valence-electron chi connectivity index (χ3n) is 5.49. The molecule has 1 aromatic carbocycles. The lowest BCUT2D eigenvalue weighted by Gasteiger charge is -2.18. The monoisotopic (exact) mass is 423 g/mol. The topological polar surface area (TPSA) is 69.2 Å². The lowest BCUT2D eigenvalue weighted by atomic mass is 10.1. The first-order valence-electron chi connectivity index (χ1n) is 10.5. The van der Waals surface area contributed by atoms with Gasteiger partial charge < -0.3 is 15.0 Å². The highest BCUT2D eigenvalue weighted by Gasteiger charge is 2.18. The fourth-order valence-electron chi connectivity index (χ4n) is 3.77. The van der Waals surface area contributed by atoms with Gasteiger partial charge in [0.2, 0.25) is 0 Å². The summed E-state index contributed by atoms with van der Waals surface area (Å²) in [5.74, 6) is 1.36. The van der Waals surface area contributed by atoms with Crippen LogP contribution in [0, 0.1) is 0 Å². The zero-order valence-corrected chi connectivity index (χ0v) is 18.7. The van der Waals surface area contributed by atoms with E-state index in [1.807, 2.05) is 13.0 Å². The van der Waals surface area contributed by atoms with Crippen LogP contribution >= 0.6 is 11.3 Å². The maximum atomic E-state index is 6.25. The molecule has 0 amide bonds. The first-order chi connectivity index (χ1) is 14.6. The number of hydrogen-bond acceptors (Lipinski definition) is 6. The van der Waals surface area contributed by atoms with Crippen molar-refractivity contribution >= 4 is 38.4 Å². The predicted molar refractivity (Wildman–Crippen MR) is 125 cm³/mol. The molecule has 0 bridgehead atoms. The molecule has 3 heterocycles. The Balaban J connectivity index is 1.72. The Labute approximate surface area is 181 Å². The maximum absolute atomic E-state index is 6.25. The lowest BCUT2D eigenvalue weighted by Crippen LogP contribution is -2.22. The third kappa shape index (κ3) is 4.05. The van der Waals surface area contributed by atoms with Crippen LogP contribution in [-0.4, -0.2) is 39.1 Å². The molecule has 0 aliphatic heterocycles. The van der Waals surface area contributed by atoms with E-state index in [-0.39, 0.29) is 0 Å². The summed E-state index contributed by atoms with van der Waals surface area (Å²) < 4.78 is 9.06. The van der Waals surface area contributed by atoms with Crippen LogP contribution in [0.25, 0.3) is 21.3 Å². The average Bonchev–Trinajstić information content (AvgIpc) is 3.36. The second-order valence-electron chi connectivity index (χ2n) is 7.36. The number of anilines is 1. The molecule has 4 rings (SSSR count). The van der Waals surface area contributed by atoms with Crippen molar-refractivity contribution in [3.8, 4) is 0 Å². The van der Waals surface area contributed by atoms with Gasteiger partial charge in [0.15, 0.2) is 5.82 Å². The summed E-state index contributed by atoms with van der Waals surface area (Å²) in [4.78, 5) is 11.8. The van der Waals surface area contributed by atoms with E-state index in [1.54, 1.807) is 11.3 Å². The van der Waals surface area contributed by atoms with Crippen LogP contribution in [0.3, 0.4) is 0 Å². The summed E-state index contributed by atoms with van der Waals surface area (Å²) in [6.07, 6.45) is 0. The number of nitrogen functional groups attached to an aromatic ring is 1. The molecule has 30 heavy (non-hydrogen) atoms. The Morgan fingerprint density at radius 3 is 2.47 bits per heavy atom. The van der Waals surface area contributed by atoms with Gasteiger partial charge in [-0.2, -0.15) is 0 Å². The number of fused-ring (bicyclic) bond motifs is 3. The van der Waals surface area contributed by atoms with Gasteiger partial charge >= 0.3 is 0 Å². The normalized spacial score (nSPS) is 11.9. The molecule has 4 aromatic rings. The number of thiophene rings is 1. The molecule has 0 saturated carbocycles. The van der Waals surface area contributed by atoms with Crippen molar-refractivity contribution in [2.45, 2.75) is 40.5 Å². The SMILES string of the molecule is CCOCc1nc2c(N)nc3ccsc3c2n1Cc1ccc(CN(CC)CC)cc1. The van der Waals surface area contributed by atoms with Crippen molar-refractivity contribution in [2.75, 3.05) is 25.4 Å². The zero-order chi connectivity index (χ0) is 21.1. The minimum atomic E-state index is 0.456. The van der Waals surface area contributed by atoms with Crippen molar-refractivity contribution in [1.29, 1.82) is 0 Å². The summed E-state index contributed by atoms with van der Waals surface area (Å²) in [5, 5.41) is 2.05. The molecule has 0 radical (unpaired) electrons. The van der Waals surface area contributed by atoms with Gasteiger partial charge in [-0.05, 0) is 42.6 Å². The quantitative estimate of drug-likeness (QED) is 0.424. The second kappa shape index (κ2) is 9.12. The van der Waals surface area contributed by atoms with Crippen LogP contribution in [0.1, 0.15) is 37.7 Å². The number of aromatic nitrogens is 3. The molecule has 3 aromatic heterocycles. The molecular weight excluding hydrogens is 394 g/mol. The van der Waals surface area contributed by atoms with E-state index in [1.165, 1.54) is 11.1 Å². The van der Waals surface area contributed by atoms with E-state index in [0.29, 0.717) is 19.0 Å². The highest BCUT2D eigenvalue weighted by Crippen LogP contribution is 2.33. The molecule has 0 unspecified atom stereocenters. The Morgan fingerprint density at radius 2 is 1.77 bits per heavy atom. The summed E-state index contributed by atoms with van der Waals surface area (Å²) >= 11 is 1.68. The first-order valence-corrected chi connectivity index (χ1v) is 11.4. The summed E-state index contributed by atoms with van der Waals surface area (Å²) in [6.45, 7) is 11.3. The van der Waals surface area contributed by atoms with Gasteiger partial charge in [0.1, 0.15) is 17.9 Å². The van der Waals surface area contributed by atoms with Crippen molar-refractivity contribution in [1.82, 2.24) is 19.4 Å². The van der Waals surface area contributed by atoms with Gasteiger partial charge in [-0.15, -0.1) is 11.3 Å². The number of pyridine rings is 1. The van der Waals surface area contributed by atoms with E-state index in [4.69, 9.17) is 15.5 Å². The smallest absolute Gasteiger partial charge is 0.152 e. The minimum Gasteiger partial charge on any atom is -0.382 e. The number of nitrogens with two attached hydrogens (primary N) is 1. The number of benzene rings is 1. The molecule has 7 heteroatoms. The number of imidazole rings is 1. The van der Waals surface area contributed by atoms with Crippen molar-refractivity contribution in [3.63, 3.8) is 0 Å².